The summed E-state index contributed by atoms with van der Waals surface area (Å²) in [7, 11) is 2.99. The van der Waals surface area contributed by atoms with Gasteiger partial charge in [0.15, 0.2) is 0 Å². The topological polar surface area (TPSA) is 20.3 Å². The Bertz CT molecular complexity index is 826. The Kier molecular flexibility index (Phi) is 5.84. The van der Waals surface area contributed by atoms with E-state index in [1.165, 1.54) is 31.1 Å². The molecule has 0 aliphatic heterocycles. The van der Waals surface area contributed by atoms with Gasteiger partial charge in [0.05, 0.1) is 11.1 Å². The van der Waals surface area contributed by atoms with Crippen LogP contribution >= 0.6 is 11.8 Å². The molecule has 9 heteroatoms. The first-order chi connectivity index (χ1) is 12.3. The number of carbonyl (C=O) groups is 1. The van der Waals surface area contributed by atoms with E-state index in [2.05, 4.69) is 0 Å². The first-order valence-electron chi connectivity index (χ1n) is 7.58. The molecule has 2 rings (SSSR count). The summed E-state index contributed by atoms with van der Waals surface area (Å²) in [4.78, 5) is 13.5. The lowest BCUT2D eigenvalue weighted by molar-refractivity contribution is -0.143. The summed E-state index contributed by atoms with van der Waals surface area (Å²) in [6, 6.07) is 6.00. The minimum absolute atomic E-state index is 0.0804. The lowest BCUT2D eigenvalue weighted by Crippen LogP contribution is -2.16. The zero-order valence-electron chi connectivity index (χ0n) is 14.5. The molecule has 0 spiro atoms. The lowest BCUT2D eigenvalue weighted by atomic mass is 9.98. The van der Waals surface area contributed by atoms with E-state index in [4.69, 9.17) is 0 Å². The van der Waals surface area contributed by atoms with Crippen LogP contribution < -0.4 is 0 Å². The molecule has 0 aromatic heterocycles. The van der Waals surface area contributed by atoms with Gasteiger partial charge in [0.1, 0.15) is 0 Å². The molecule has 27 heavy (non-hydrogen) atoms. The van der Waals surface area contributed by atoms with Gasteiger partial charge in [-0.25, -0.2) is 0 Å². The van der Waals surface area contributed by atoms with Gasteiger partial charge in [-0.05, 0) is 54.1 Å². The molecule has 0 unspecified atom stereocenters. The van der Waals surface area contributed by atoms with Gasteiger partial charge in [0.25, 0.3) is 5.24 Å². The molecule has 0 bridgehead atoms. The Hall–Kier alpha value is -2.16. The molecule has 0 saturated heterocycles. The maximum Gasteiger partial charge on any atom is 0.416 e. The van der Waals surface area contributed by atoms with Crippen LogP contribution in [0.3, 0.4) is 0 Å². The molecule has 0 N–H and O–H groups in total. The maximum atomic E-state index is 13.1. The van der Waals surface area contributed by atoms with Crippen molar-refractivity contribution in [2.45, 2.75) is 24.2 Å². The largest absolute Gasteiger partial charge is 0.416 e. The molecule has 1 amide bonds. The fourth-order valence-electron chi connectivity index (χ4n) is 2.25. The summed E-state index contributed by atoms with van der Waals surface area (Å²) in [5.41, 5.74) is -2.29. The number of thioether (sulfide) groups is 1. The van der Waals surface area contributed by atoms with E-state index in [0.717, 1.165) is 11.8 Å². The number of aryl methyl sites for hydroxylation is 1. The van der Waals surface area contributed by atoms with E-state index in [1.54, 1.807) is 13.0 Å². The van der Waals surface area contributed by atoms with E-state index < -0.39 is 28.7 Å². The average Bonchev–Trinajstić information content (AvgIpc) is 2.54. The molecular formula is C18H15F6NOS. The van der Waals surface area contributed by atoms with Crippen molar-refractivity contribution in [2.24, 2.45) is 0 Å². The lowest BCUT2D eigenvalue weighted by Gasteiger charge is -2.17. The van der Waals surface area contributed by atoms with Gasteiger partial charge in [-0.15, -0.1) is 0 Å². The third kappa shape index (κ3) is 5.18. The van der Waals surface area contributed by atoms with Crippen molar-refractivity contribution < 1.29 is 31.1 Å². The van der Waals surface area contributed by atoms with Crippen LogP contribution in [0, 0.1) is 6.92 Å². The third-order valence-corrected chi connectivity index (χ3v) is 4.71. The molecule has 146 valence electrons. The standard InChI is InChI=1S/C18H15F6NOS/c1-10-4-5-15(27-16(26)25(2)3)14(6-10)11-7-12(17(19,20)21)9-13(8-11)18(22,23)24/h4-9H,1-3H3. The number of rotatable bonds is 2. The van der Waals surface area contributed by atoms with Crippen molar-refractivity contribution in [1.82, 2.24) is 4.90 Å². The Morgan fingerprint density at radius 1 is 0.889 bits per heavy atom. The molecule has 0 saturated carbocycles. The Morgan fingerprint density at radius 3 is 1.85 bits per heavy atom. The van der Waals surface area contributed by atoms with Gasteiger partial charge in [-0.3, -0.25) is 4.79 Å². The van der Waals surface area contributed by atoms with Crippen LogP contribution in [0.25, 0.3) is 11.1 Å². The Balaban J connectivity index is 2.70. The second kappa shape index (κ2) is 7.46. The number of hydrogen-bond acceptors (Lipinski definition) is 2. The monoisotopic (exact) mass is 407 g/mol. The van der Waals surface area contributed by atoms with Crippen LogP contribution in [-0.4, -0.2) is 24.2 Å². The van der Waals surface area contributed by atoms with Gasteiger partial charge in [0.2, 0.25) is 0 Å². The highest BCUT2D eigenvalue weighted by atomic mass is 32.2. The number of alkyl halides is 6. The molecule has 0 heterocycles. The van der Waals surface area contributed by atoms with E-state index in [1.807, 2.05) is 0 Å². The zero-order chi connectivity index (χ0) is 20.6. The SMILES string of the molecule is Cc1ccc(SC(=O)N(C)C)c(-c2cc(C(F)(F)F)cc(C(F)(F)F)c2)c1. The predicted molar refractivity (Wildman–Crippen MR) is 91.6 cm³/mol. The fraction of sp³-hybridized carbons (Fsp3) is 0.278. The predicted octanol–water partition coefficient (Wildman–Crippen LogP) is 6.47. The third-order valence-electron chi connectivity index (χ3n) is 3.60. The van der Waals surface area contributed by atoms with Crippen LogP contribution in [0.1, 0.15) is 16.7 Å². The number of hydrogen-bond donors (Lipinski definition) is 0. The smallest absolute Gasteiger partial charge is 0.339 e. The maximum absolute atomic E-state index is 13.1. The second-order valence-electron chi connectivity index (χ2n) is 6.06. The molecule has 0 atom stereocenters. The minimum Gasteiger partial charge on any atom is -0.339 e. The molecule has 0 fully saturated rings. The van der Waals surface area contributed by atoms with Crippen LogP contribution in [0.5, 0.6) is 0 Å². The minimum atomic E-state index is -4.94. The Morgan fingerprint density at radius 2 is 1.41 bits per heavy atom. The molecular weight excluding hydrogens is 392 g/mol. The molecule has 2 aromatic rings. The van der Waals surface area contributed by atoms with Crippen molar-refractivity contribution in [1.29, 1.82) is 0 Å². The highest BCUT2D eigenvalue weighted by Crippen LogP contribution is 2.41. The summed E-state index contributed by atoms with van der Waals surface area (Å²) in [5.74, 6) is 0. The van der Waals surface area contributed by atoms with E-state index in [9.17, 15) is 31.1 Å². The van der Waals surface area contributed by atoms with Crippen molar-refractivity contribution in [2.75, 3.05) is 14.1 Å². The van der Waals surface area contributed by atoms with Crippen molar-refractivity contribution >= 4 is 17.0 Å². The molecule has 2 nitrogen and oxygen atoms in total. The molecule has 0 aliphatic carbocycles. The highest BCUT2D eigenvalue weighted by molar-refractivity contribution is 8.13. The fourth-order valence-corrected chi connectivity index (χ4v) is 3.05. The molecule has 0 radical (unpaired) electrons. The van der Waals surface area contributed by atoms with Gasteiger partial charge in [-0.1, -0.05) is 17.7 Å². The van der Waals surface area contributed by atoms with Gasteiger partial charge >= 0.3 is 12.4 Å². The highest BCUT2D eigenvalue weighted by Gasteiger charge is 2.37. The van der Waals surface area contributed by atoms with Crippen LogP contribution in [-0.2, 0) is 12.4 Å². The van der Waals surface area contributed by atoms with Crippen molar-refractivity contribution in [3.05, 3.63) is 53.1 Å². The molecule has 0 aliphatic rings. The van der Waals surface area contributed by atoms with E-state index in [-0.39, 0.29) is 22.1 Å². The second-order valence-corrected chi connectivity index (χ2v) is 7.05. The summed E-state index contributed by atoms with van der Waals surface area (Å²) < 4.78 is 78.7. The van der Waals surface area contributed by atoms with Crippen LogP contribution in [0.2, 0.25) is 0 Å². The quantitative estimate of drug-likeness (QED) is 0.420. The van der Waals surface area contributed by atoms with Crippen LogP contribution in [0.4, 0.5) is 31.1 Å². The summed E-state index contributed by atoms with van der Waals surface area (Å²) >= 11 is 0.733. The average molecular weight is 407 g/mol. The zero-order valence-corrected chi connectivity index (χ0v) is 15.3. The van der Waals surface area contributed by atoms with Gasteiger partial charge < -0.3 is 4.90 Å². The summed E-state index contributed by atoms with van der Waals surface area (Å²) in [5, 5.41) is -0.400. The normalized spacial score (nSPS) is 12.2. The molecule has 2 aromatic carbocycles. The number of benzene rings is 2. The van der Waals surface area contributed by atoms with Crippen molar-refractivity contribution in [3.8, 4) is 11.1 Å². The van der Waals surface area contributed by atoms with Crippen LogP contribution in [0.15, 0.2) is 41.3 Å². The number of nitrogens with zero attached hydrogens (tertiary/aromatic N) is 1. The van der Waals surface area contributed by atoms with Gasteiger partial charge in [0, 0.05) is 19.0 Å². The van der Waals surface area contributed by atoms with E-state index >= 15 is 0 Å². The van der Waals surface area contributed by atoms with Gasteiger partial charge in [-0.2, -0.15) is 26.3 Å². The first-order valence-corrected chi connectivity index (χ1v) is 8.40. The van der Waals surface area contributed by atoms with Crippen molar-refractivity contribution in [3.63, 3.8) is 0 Å². The number of amides is 1. The number of halogens is 6. The van der Waals surface area contributed by atoms with E-state index in [0.29, 0.717) is 17.7 Å². The summed E-state index contributed by atoms with van der Waals surface area (Å²) in [6.07, 6.45) is -9.88. The first kappa shape index (κ1) is 21.1. The summed E-state index contributed by atoms with van der Waals surface area (Å²) in [6.45, 7) is 1.66. The Labute approximate surface area is 156 Å². The number of carbonyl (C=O) groups excluding carboxylic acids is 1.